The Morgan fingerprint density at radius 2 is 2.00 bits per heavy atom. The average Bonchev–Trinajstić information content (AvgIpc) is 2.70. The molecule has 1 heterocycles. The molecule has 1 aliphatic rings. The van der Waals surface area contributed by atoms with Crippen LogP contribution in [0.3, 0.4) is 0 Å². The van der Waals surface area contributed by atoms with Gasteiger partial charge in [-0.05, 0) is 11.6 Å². The SMILES string of the molecule is C=CCN(CC=C)C(=O)CN1CCNCc2ccccc21. The average molecular weight is 285 g/mol. The lowest BCUT2D eigenvalue weighted by atomic mass is 10.1. The lowest BCUT2D eigenvalue weighted by Gasteiger charge is -2.27. The largest absolute Gasteiger partial charge is 0.361 e. The number of nitrogens with zero attached hydrogens (tertiary/aromatic N) is 2. The molecular formula is C17H23N3O. The Kier molecular flexibility index (Phi) is 5.58. The Morgan fingerprint density at radius 3 is 2.71 bits per heavy atom. The van der Waals surface area contributed by atoms with Crippen LogP contribution in [0, 0.1) is 0 Å². The second-order valence-electron chi connectivity index (χ2n) is 5.10. The first-order chi connectivity index (χ1) is 10.3. The van der Waals surface area contributed by atoms with E-state index in [-0.39, 0.29) is 5.91 Å². The van der Waals surface area contributed by atoms with E-state index in [2.05, 4.69) is 35.5 Å². The zero-order valence-corrected chi connectivity index (χ0v) is 12.4. The maximum absolute atomic E-state index is 12.5. The van der Waals surface area contributed by atoms with Crippen LogP contribution in [0.15, 0.2) is 49.6 Å². The summed E-state index contributed by atoms with van der Waals surface area (Å²) in [6, 6.07) is 8.25. The molecule has 0 aromatic heterocycles. The van der Waals surface area contributed by atoms with E-state index in [4.69, 9.17) is 0 Å². The van der Waals surface area contributed by atoms with Gasteiger partial charge in [-0.3, -0.25) is 4.79 Å². The standard InChI is InChI=1S/C17H23N3O/c1-3-10-19(11-4-2)17(21)14-20-12-9-18-13-15-7-5-6-8-16(15)20/h3-8,18H,1-2,9-14H2. The molecule has 0 radical (unpaired) electrons. The van der Waals surface area contributed by atoms with Crippen LogP contribution in [0.4, 0.5) is 5.69 Å². The Morgan fingerprint density at radius 1 is 1.29 bits per heavy atom. The van der Waals surface area contributed by atoms with Gasteiger partial charge in [0.15, 0.2) is 0 Å². The summed E-state index contributed by atoms with van der Waals surface area (Å²) < 4.78 is 0. The summed E-state index contributed by atoms with van der Waals surface area (Å²) in [7, 11) is 0. The molecule has 0 spiro atoms. The van der Waals surface area contributed by atoms with Crippen molar-refractivity contribution in [2.45, 2.75) is 6.54 Å². The number of hydrogen-bond donors (Lipinski definition) is 1. The van der Waals surface area contributed by atoms with Gasteiger partial charge in [-0.2, -0.15) is 0 Å². The third kappa shape index (κ3) is 3.95. The highest BCUT2D eigenvalue weighted by Gasteiger charge is 2.19. The monoisotopic (exact) mass is 285 g/mol. The number of amides is 1. The van der Waals surface area contributed by atoms with E-state index in [9.17, 15) is 4.79 Å². The van der Waals surface area contributed by atoms with Gasteiger partial charge in [0.25, 0.3) is 0 Å². The number of benzene rings is 1. The highest BCUT2D eigenvalue weighted by Crippen LogP contribution is 2.21. The molecule has 4 heteroatoms. The van der Waals surface area contributed by atoms with Crippen molar-refractivity contribution in [2.24, 2.45) is 0 Å². The van der Waals surface area contributed by atoms with Gasteiger partial charge >= 0.3 is 0 Å². The van der Waals surface area contributed by atoms with E-state index in [1.54, 1.807) is 17.1 Å². The number of fused-ring (bicyclic) bond motifs is 1. The fourth-order valence-electron chi connectivity index (χ4n) is 2.54. The summed E-state index contributed by atoms with van der Waals surface area (Å²) in [5.41, 5.74) is 2.38. The molecule has 1 N–H and O–H groups in total. The first-order valence-corrected chi connectivity index (χ1v) is 7.29. The molecule has 112 valence electrons. The van der Waals surface area contributed by atoms with Crippen molar-refractivity contribution < 1.29 is 4.79 Å². The lowest BCUT2D eigenvalue weighted by molar-refractivity contribution is -0.128. The van der Waals surface area contributed by atoms with Crippen molar-refractivity contribution in [2.75, 3.05) is 37.6 Å². The lowest BCUT2D eigenvalue weighted by Crippen LogP contribution is -2.42. The predicted octanol–water partition coefficient (Wildman–Crippen LogP) is 1.80. The molecule has 1 aromatic rings. The Balaban J connectivity index is 2.12. The van der Waals surface area contributed by atoms with Gasteiger partial charge in [0.2, 0.25) is 5.91 Å². The number of carbonyl (C=O) groups excluding carboxylic acids is 1. The van der Waals surface area contributed by atoms with Crippen LogP contribution in [0.1, 0.15) is 5.56 Å². The van der Waals surface area contributed by atoms with Crippen molar-refractivity contribution in [1.82, 2.24) is 10.2 Å². The van der Waals surface area contributed by atoms with Crippen molar-refractivity contribution in [1.29, 1.82) is 0 Å². The molecule has 0 fully saturated rings. The quantitative estimate of drug-likeness (QED) is 0.810. The number of carbonyl (C=O) groups is 1. The highest BCUT2D eigenvalue weighted by molar-refractivity contribution is 5.82. The third-order valence-electron chi connectivity index (χ3n) is 3.58. The summed E-state index contributed by atoms with van der Waals surface area (Å²) >= 11 is 0. The number of para-hydroxylation sites is 1. The van der Waals surface area contributed by atoms with Crippen molar-refractivity contribution >= 4 is 11.6 Å². The molecule has 0 atom stereocenters. The van der Waals surface area contributed by atoms with Crippen molar-refractivity contribution in [3.05, 3.63) is 55.1 Å². The number of hydrogen-bond acceptors (Lipinski definition) is 3. The third-order valence-corrected chi connectivity index (χ3v) is 3.58. The van der Waals surface area contributed by atoms with Crippen LogP contribution in [-0.4, -0.2) is 43.5 Å². The minimum absolute atomic E-state index is 0.103. The van der Waals surface area contributed by atoms with Crippen molar-refractivity contribution in [3.63, 3.8) is 0 Å². The second-order valence-corrected chi connectivity index (χ2v) is 5.10. The first-order valence-electron chi connectivity index (χ1n) is 7.29. The Bertz CT molecular complexity index is 503. The smallest absolute Gasteiger partial charge is 0.242 e. The molecule has 1 amide bonds. The molecule has 0 unspecified atom stereocenters. The maximum Gasteiger partial charge on any atom is 0.242 e. The summed E-state index contributed by atoms with van der Waals surface area (Å²) in [5, 5.41) is 3.39. The fraction of sp³-hybridized carbons (Fsp3) is 0.353. The van der Waals surface area contributed by atoms with Crippen LogP contribution in [0.25, 0.3) is 0 Å². The van der Waals surface area contributed by atoms with Gasteiger partial charge in [-0.15, -0.1) is 13.2 Å². The maximum atomic E-state index is 12.5. The van der Waals surface area contributed by atoms with Crippen LogP contribution in [0.2, 0.25) is 0 Å². The number of anilines is 1. The van der Waals surface area contributed by atoms with Gasteiger partial charge in [0.05, 0.1) is 6.54 Å². The van der Waals surface area contributed by atoms with Gasteiger partial charge in [-0.25, -0.2) is 0 Å². The Hall–Kier alpha value is -2.07. The van der Waals surface area contributed by atoms with Gasteiger partial charge in [0, 0.05) is 38.4 Å². The van der Waals surface area contributed by atoms with E-state index < -0.39 is 0 Å². The summed E-state index contributed by atoms with van der Waals surface area (Å²) in [4.78, 5) is 16.4. The number of nitrogens with one attached hydrogen (secondary N) is 1. The van der Waals surface area contributed by atoms with Crippen LogP contribution in [0.5, 0.6) is 0 Å². The van der Waals surface area contributed by atoms with Gasteiger partial charge in [-0.1, -0.05) is 30.4 Å². The summed E-state index contributed by atoms with van der Waals surface area (Å²) in [5.74, 6) is 0.103. The van der Waals surface area contributed by atoms with E-state index in [0.717, 1.165) is 25.3 Å². The molecule has 21 heavy (non-hydrogen) atoms. The molecule has 4 nitrogen and oxygen atoms in total. The molecule has 1 aromatic carbocycles. The molecular weight excluding hydrogens is 262 g/mol. The fourth-order valence-corrected chi connectivity index (χ4v) is 2.54. The zero-order chi connectivity index (χ0) is 15.1. The molecule has 0 saturated carbocycles. The topological polar surface area (TPSA) is 35.6 Å². The second kappa shape index (κ2) is 7.64. The highest BCUT2D eigenvalue weighted by atomic mass is 16.2. The van der Waals surface area contributed by atoms with E-state index in [1.165, 1.54) is 5.56 Å². The predicted molar refractivity (Wildman–Crippen MR) is 87.3 cm³/mol. The number of rotatable bonds is 6. The molecule has 1 aliphatic heterocycles. The first kappa shape index (κ1) is 15.3. The van der Waals surface area contributed by atoms with Crippen LogP contribution in [-0.2, 0) is 11.3 Å². The molecule has 2 rings (SSSR count). The summed E-state index contributed by atoms with van der Waals surface area (Å²) in [6.07, 6.45) is 3.50. The van der Waals surface area contributed by atoms with Gasteiger partial charge < -0.3 is 15.1 Å². The Labute approximate surface area is 126 Å². The molecule has 0 bridgehead atoms. The molecule has 0 saturated heterocycles. The van der Waals surface area contributed by atoms with Crippen LogP contribution < -0.4 is 10.2 Å². The summed E-state index contributed by atoms with van der Waals surface area (Å²) in [6.45, 7) is 11.5. The van der Waals surface area contributed by atoms with E-state index in [1.807, 2.05) is 12.1 Å². The minimum Gasteiger partial charge on any atom is -0.361 e. The zero-order valence-electron chi connectivity index (χ0n) is 12.4. The van der Waals surface area contributed by atoms with E-state index >= 15 is 0 Å². The van der Waals surface area contributed by atoms with Crippen LogP contribution >= 0.6 is 0 Å². The van der Waals surface area contributed by atoms with E-state index in [0.29, 0.717) is 19.6 Å². The van der Waals surface area contributed by atoms with Crippen molar-refractivity contribution in [3.8, 4) is 0 Å². The molecule has 0 aliphatic carbocycles. The normalized spacial score (nSPS) is 14.0. The minimum atomic E-state index is 0.103. The van der Waals surface area contributed by atoms with Gasteiger partial charge in [0.1, 0.15) is 0 Å².